The first kappa shape index (κ1) is 18.5. The van der Waals surface area contributed by atoms with Crippen LogP contribution in [0.2, 0.25) is 0 Å². The molecule has 0 saturated carbocycles. The predicted molar refractivity (Wildman–Crippen MR) is 97.2 cm³/mol. The number of thiazole rings is 1. The third kappa shape index (κ3) is 4.44. The van der Waals surface area contributed by atoms with Gasteiger partial charge in [-0.05, 0) is 24.1 Å². The highest BCUT2D eigenvalue weighted by Gasteiger charge is 2.24. The molecule has 1 aromatic carbocycles. The summed E-state index contributed by atoms with van der Waals surface area (Å²) in [5.74, 6) is -0.521. The van der Waals surface area contributed by atoms with E-state index in [4.69, 9.17) is 5.73 Å². The normalized spacial score (nSPS) is 15.0. The molecule has 0 atom stereocenters. The zero-order valence-corrected chi connectivity index (χ0v) is 15.2. The Hall–Kier alpha value is -2.32. The Labute approximate surface area is 155 Å². The van der Waals surface area contributed by atoms with Gasteiger partial charge in [-0.2, -0.15) is 0 Å². The summed E-state index contributed by atoms with van der Waals surface area (Å²) in [5.41, 5.74) is 6.61. The third-order valence-electron chi connectivity index (χ3n) is 4.33. The van der Waals surface area contributed by atoms with Crippen molar-refractivity contribution >= 4 is 23.2 Å². The number of rotatable bonds is 4. The van der Waals surface area contributed by atoms with Gasteiger partial charge in [-0.1, -0.05) is 12.1 Å². The molecule has 26 heavy (non-hydrogen) atoms. The number of benzene rings is 1. The van der Waals surface area contributed by atoms with Crippen LogP contribution in [0.1, 0.15) is 27.5 Å². The van der Waals surface area contributed by atoms with Crippen LogP contribution in [0, 0.1) is 5.82 Å². The van der Waals surface area contributed by atoms with Crippen LogP contribution in [-0.4, -0.2) is 52.8 Å². The van der Waals surface area contributed by atoms with Crippen molar-refractivity contribution in [2.24, 2.45) is 5.73 Å². The Kier molecular flexibility index (Phi) is 5.95. The molecule has 1 aliphatic heterocycles. The molecule has 2 amide bonds. The molecule has 2 N–H and O–H groups in total. The van der Waals surface area contributed by atoms with Gasteiger partial charge in [-0.3, -0.25) is 9.59 Å². The second-order valence-corrected chi connectivity index (χ2v) is 7.11. The lowest BCUT2D eigenvalue weighted by molar-refractivity contribution is -0.130. The fraction of sp³-hybridized carbons (Fsp3) is 0.389. The number of halogens is 1. The van der Waals surface area contributed by atoms with E-state index in [1.165, 1.54) is 23.5 Å². The lowest BCUT2D eigenvalue weighted by Crippen LogP contribution is -2.38. The molecule has 1 fully saturated rings. The molecule has 0 unspecified atom stereocenters. The van der Waals surface area contributed by atoms with Crippen molar-refractivity contribution < 1.29 is 14.0 Å². The number of aromatic nitrogens is 1. The van der Waals surface area contributed by atoms with Crippen LogP contribution in [0.4, 0.5) is 4.39 Å². The average molecular weight is 376 g/mol. The standard InChI is InChI=1S/C18H21FN4O2S/c19-14-4-1-3-13(9-14)10-17(24)22-5-2-6-23(8-7-22)18(25)15-12-26-16(11-20)21-15/h1,3-4,9,12H,2,5-8,10-11,20H2. The SMILES string of the molecule is NCc1nc(C(=O)N2CCCN(C(=O)Cc3cccc(F)c3)CC2)cs1. The number of carbonyl (C=O) groups is 2. The van der Waals surface area contributed by atoms with Crippen molar-refractivity contribution in [3.63, 3.8) is 0 Å². The largest absolute Gasteiger partial charge is 0.341 e. The Bertz CT molecular complexity index is 795. The fourth-order valence-electron chi connectivity index (χ4n) is 2.97. The molecule has 138 valence electrons. The van der Waals surface area contributed by atoms with Gasteiger partial charge in [0, 0.05) is 38.1 Å². The number of nitrogens with two attached hydrogens (primary N) is 1. The van der Waals surface area contributed by atoms with E-state index in [0.717, 1.165) is 5.01 Å². The highest BCUT2D eigenvalue weighted by Crippen LogP contribution is 2.14. The minimum atomic E-state index is -0.344. The maximum atomic E-state index is 13.3. The summed E-state index contributed by atoms with van der Waals surface area (Å²) in [6, 6.07) is 6.08. The lowest BCUT2D eigenvalue weighted by atomic mass is 10.1. The van der Waals surface area contributed by atoms with Gasteiger partial charge in [-0.25, -0.2) is 9.37 Å². The second kappa shape index (κ2) is 8.37. The van der Waals surface area contributed by atoms with Crippen LogP contribution in [-0.2, 0) is 17.8 Å². The maximum absolute atomic E-state index is 13.3. The van der Waals surface area contributed by atoms with Crippen molar-refractivity contribution in [2.75, 3.05) is 26.2 Å². The molecule has 1 saturated heterocycles. The van der Waals surface area contributed by atoms with Crippen LogP contribution in [0.3, 0.4) is 0 Å². The van der Waals surface area contributed by atoms with Crippen molar-refractivity contribution in [2.45, 2.75) is 19.4 Å². The van der Waals surface area contributed by atoms with Gasteiger partial charge in [-0.15, -0.1) is 11.3 Å². The molecular weight excluding hydrogens is 355 g/mol. The van der Waals surface area contributed by atoms with E-state index in [1.807, 2.05) is 0 Å². The third-order valence-corrected chi connectivity index (χ3v) is 5.20. The van der Waals surface area contributed by atoms with E-state index >= 15 is 0 Å². The highest BCUT2D eigenvalue weighted by atomic mass is 32.1. The second-order valence-electron chi connectivity index (χ2n) is 6.16. The topological polar surface area (TPSA) is 79.5 Å². The minimum absolute atomic E-state index is 0.0519. The molecule has 2 heterocycles. The summed E-state index contributed by atoms with van der Waals surface area (Å²) in [6.45, 7) is 2.42. The lowest BCUT2D eigenvalue weighted by Gasteiger charge is -2.22. The van der Waals surface area contributed by atoms with E-state index in [9.17, 15) is 14.0 Å². The van der Waals surface area contributed by atoms with Gasteiger partial charge >= 0.3 is 0 Å². The van der Waals surface area contributed by atoms with E-state index in [-0.39, 0.29) is 24.1 Å². The quantitative estimate of drug-likeness (QED) is 0.880. The van der Waals surface area contributed by atoms with E-state index in [0.29, 0.717) is 50.4 Å². The molecule has 2 aromatic rings. The molecule has 1 aromatic heterocycles. The van der Waals surface area contributed by atoms with Gasteiger partial charge in [0.1, 0.15) is 16.5 Å². The van der Waals surface area contributed by atoms with Crippen LogP contribution >= 0.6 is 11.3 Å². The highest BCUT2D eigenvalue weighted by molar-refractivity contribution is 7.09. The molecule has 8 heteroatoms. The number of hydrogen-bond acceptors (Lipinski definition) is 5. The molecule has 0 spiro atoms. The monoisotopic (exact) mass is 376 g/mol. The van der Waals surface area contributed by atoms with Crippen molar-refractivity contribution in [3.8, 4) is 0 Å². The molecule has 0 aliphatic carbocycles. The van der Waals surface area contributed by atoms with Gasteiger partial charge in [0.25, 0.3) is 5.91 Å². The molecule has 0 radical (unpaired) electrons. The summed E-state index contributed by atoms with van der Waals surface area (Å²) in [7, 11) is 0. The molecule has 3 rings (SSSR count). The van der Waals surface area contributed by atoms with E-state index in [1.54, 1.807) is 27.3 Å². The summed E-state index contributed by atoms with van der Waals surface area (Å²) < 4.78 is 13.3. The van der Waals surface area contributed by atoms with E-state index in [2.05, 4.69) is 4.98 Å². The van der Waals surface area contributed by atoms with Crippen molar-refractivity contribution in [1.29, 1.82) is 0 Å². The van der Waals surface area contributed by atoms with E-state index < -0.39 is 0 Å². The smallest absolute Gasteiger partial charge is 0.273 e. The Morgan fingerprint density at radius 1 is 1.19 bits per heavy atom. The van der Waals surface area contributed by atoms with Gasteiger partial charge < -0.3 is 15.5 Å². The van der Waals surface area contributed by atoms with Crippen LogP contribution < -0.4 is 5.73 Å². The molecular formula is C18H21FN4O2S. The Morgan fingerprint density at radius 2 is 1.96 bits per heavy atom. The Balaban J connectivity index is 1.59. The molecule has 1 aliphatic rings. The summed E-state index contributed by atoms with van der Waals surface area (Å²) >= 11 is 1.38. The van der Waals surface area contributed by atoms with Gasteiger partial charge in [0.05, 0.1) is 6.42 Å². The van der Waals surface area contributed by atoms with Crippen molar-refractivity contribution in [1.82, 2.24) is 14.8 Å². The summed E-state index contributed by atoms with van der Waals surface area (Å²) in [6.07, 6.45) is 0.867. The number of amides is 2. The number of nitrogens with zero attached hydrogens (tertiary/aromatic N) is 3. The average Bonchev–Trinajstić information content (AvgIpc) is 2.97. The first-order valence-electron chi connectivity index (χ1n) is 8.53. The van der Waals surface area contributed by atoms with Crippen LogP contribution in [0.25, 0.3) is 0 Å². The number of carbonyl (C=O) groups excluding carboxylic acids is 2. The first-order chi connectivity index (χ1) is 12.6. The minimum Gasteiger partial charge on any atom is -0.341 e. The van der Waals surface area contributed by atoms with Crippen LogP contribution in [0.5, 0.6) is 0 Å². The molecule has 0 bridgehead atoms. The predicted octanol–water partition coefficient (Wildman–Crippen LogP) is 1.66. The first-order valence-corrected chi connectivity index (χ1v) is 9.40. The zero-order chi connectivity index (χ0) is 18.5. The fourth-order valence-corrected chi connectivity index (χ4v) is 3.62. The van der Waals surface area contributed by atoms with Gasteiger partial charge in [0.15, 0.2) is 0 Å². The maximum Gasteiger partial charge on any atom is 0.273 e. The summed E-state index contributed by atoms with van der Waals surface area (Å²) in [4.78, 5) is 32.8. The van der Waals surface area contributed by atoms with Crippen molar-refractivity contribution in [3.05, 3.63) is 51.7 Å². The Morgan fingerprint density at radius 3 is 2.69 bits per heavy atom. The van der Waals surface area contributed by atoms with Crippen LogP contribution in [0.15, 0.2) is 29.6 Å². The number of hydrogen-bond donors (Lipinski definition) is 1. The molecule has 6 nitrogen and oxygen atoms in total. The summed E-state index contributed by atoms with van der Waals surface area (Å²) in [5, 5.41) is 2.46. The zero-order valence-electron chi connectivity index (χ0n) is 14.4. The van der Waals surface area contributed by atoms with Gasteiger partial charge in [0.2, 0.25) is 5.91 Å².